The van der Waals surface area contributed by atoms with Crippen molar-refractivity contribution in [3.05, 3.63) is 11.4 Å². The van der Waals surface area contributed by atoms with E-state index in [-0.39, 0.29) is 30.7 Å². The van der Waals surface area contributed by atoms with Crippen LogP contribution in [-0.4, -0.2) is 64.6 Å². The molecule has 2 aliphatic heterocycles. The van der Waals surface area contributed by atoms with Crippen molar-refractivity contribution < 1.29 is 4.79 Å². The number of nitrogens with one attached hydrogen (secondary N) is 2. The molecule has 3 heterocycles. The van der Waals surface area contributed by atoms with Gasteiger partial charge < -0.3 is 10.6 Å². The fourth-order valence-electron chi connectivity index (χ4n) is 3.84. The van der Waals surface area contributed by atoms with Crippen LogP contribution in [0, 0.1) is 6.92 Å². The highest BCUT2D eigenvalue weighted by Gasteiger charge is 2.23. The summed E-state index contributed by atoms with van der Waals surface area (Å²) in [5, 5.41) is 14.7. The lowest BCUT2D eigenvalue weighted by atomic mass is 10.0. The van der Waals surface area contributed by atoms with E-state index in [0.717, 1.165) is 44.7 Å². The minimum absolute atomic E-state index is 0. The molecule has 26 heavy (non-hydrogen) atoms. The zero-order valence-corrected chi connectivity index (χ0v) is 17.4. The number of hydrogen-bond donors (Lipinski definition) is 2. The minimum Gasteiger partial charge on any atom is -0.349 e. The van der Waals surface area contributed by atoms with Crippen LogP contribution in [0.15, 0.2) is 0 Å². The second-order valence-electron chi connectivity index (χ2n) is 7.09. The van der Waals surface area contributed by atoms with Crippen molar-refractivity contribution in [1.29, 1.82) is 0 Å². The van der Waals surface area contributed by atoms with E-state index in [1.165, 1.54) is 19.3 Å². The lowest BCUT2D eigenvalue weighted by Gasteiger charge is -2.33. The summed E-state index contributed by atoms with van der Waals surface area (Å²) in [4.78, 5) is 14.9. The molecule has 0 radical (unpaired) electrons. The van der Waals surface area contributed by atoms with Crippen LogP contribution in [0.25, 0.3) is 0 Å². The molecule has 1 amide bonds. The SMILES string of the molecule is Cc1c(C(=O)NCCN2CCCCC2C)nnn1C1CCNCC1.Cl.Cl. The molecule has 2 N–H and O–H groups in total. The van der Waals surface area contributed by atoms with Crippen LogP contribution in [0.3, 0.4) is 0 Å². The highest BCUT2D eigenvalue weighted by molar-refractivity contribution is 5.93. The van der Waals surface area contributed by atoms with Gasteiger partial charge in [0, 0.05) is 19.1 Å². The van der Waals surface area contributed by atoms with E-state index in [0.29, 0.717) is 24.3 Å². The van der Waals surface area contributed by atoms with E-state index in [1.807, 2.05) is 11.6 Å². The molecule has 3 rings (SSSR count). The van der Waals surface area contributed by atoms with Gasteiger partial charge in [-0.3, -0.25) is 9.69 Å². The standard InChI is InChI=1S/C17H30N6O.2ClH/c1-13-5-3-4-11-22(13)12-10-19-17(24)16-14(2)23(21-20-16)15-6-8-18-9-7-15;;/h13,15,18H,3-12H2,1-2H3,(H,19,24);2*1H. The molecule has 9 heteroatoms. The predicted octanol–water partition coefficient (Wildman–Crippen LogP) is 1.96. The first-order valence-electron chi connectivity index (χ1n) is 9.31. The van der Waals surface area contributed by atoms with Gasteiger partial charge in [0.15, 0.2) is 5.69 Å². The normalized spacial score (nSPS) is 21.5. The van der Waals surface area contributed by atoms with Crippen molar-refractivity contribution in [2.45, 2.75) is 58.0 Å². The Morgan fingerprint density at radius 2 is 1.96 bits per heavy atom. The summed E-state index contributed by atoms with van der Waals surface area (Å²) in [6.45, 7) is 8.94. The maximum Gasteiger partial charge on any atom is 0.273 e. The van der Waals surface area contributed by atoms with Gasteiger partial charge in [-0.25, -0.2) is 4.68 Å². The fraction of sp³-hybridized carbons (Fsp3) is 0.824. The number of nitrogens with zero attached hydrogens (tertiary/aromatic N) is 4. The second kappa shape index (κ2) is 11.1. The summed E-state index contributed by atoms with van der Waals surface area (Å²) in [6.07, 6.45) is 5.93. The maximum absolute atomic E-state index is 12.4. The highest BCUT2D eigenvalue weighted by atomic mass is 35.5. The topological polar surface area (TPSA) is 75.1 Å². The van der Waals surface area contributed by atoms with E-state index >= 15 is 0 Å². The molecular formula is C17H32Cl2N6O. The monoisotopic (exact) mass is 406 g/mol. The molecule has 0 aliphatic carbocycles. The number of rotatable bonds is 5. The van der Waals surface area contributed by atoms with Crippen molar-refractivity contribution in [3.63, 3.8) is 0 Å². The summed E-state index contributed by atoms with van der Waals surface area (Å²) < 4.78 is 1.93. The molecule has 0 saturated carbocycles. The van der Waals surface area contributed by atoms with Crippen LogP contribution in [-0.2, 0) is 0 Å². The average molecular weight is 407 g/mol. The quantitative estimate of drug-likeness (QED) is 0.781. The molecule has 7 nitrogen and oxygen atoms in total. The average Bonchev–Trinajstić information content (AvgIpc) is 2.99. The summed E-state index contributed by atoms with van der Waals surface area (Å²) in [5.41, 5.74) is 1.35. The largest absolute Gasteiger partial charge is 0.349 e. The molecule has 0 aromatic carbocycles. The first kappa shape index (κ1) is 23.1. The van der Waals surface area contributed by atoms with E-state index in [4.69, 9.17) is 0 Å². The third-order valence-corrected chi connectivity index (χ3v) is 5.42. The van der Waals surface area contributed by atoms with Gasteiger partial charge in [0.2, 0.25) is 0 Å². The van der Waals surface area contributed by atoms with Gasteiger partial charge >= 0.3 is 0 Å². The van der Waals surface area contributed by atoms with Crippen molar-refractivity contribution in [3.8, 4) is 0 Å². The summed E-state index contributed by atoms with van der Waals surface area (Å²) >= 11 is 0. The smallest absolute Gasteiger partial charge is 0.273 e. The number of halogens is 2. The number of amides is 1. The molecule has 0 bridgehead atoms. The number of hydrogen-bond acceptors (Lipinski definition) is 5. The Bertz CT molecular complexity index is 561. The first-order valence-corrected chi connectivity index (χ1v) is 9.31. The molecule has 2 fully saturated rings. The lowest BCUT2D eigenvalue weighted by Crippen LogP contribution is -2.42. The van der Waals surface area contributed by atoms with E-state index in [2.05, 4.69) is 32.8 Å². The second-order valence-corrected chi connectivity index (χ2v) is 7.09. The Hall–Kier alpha value is -0.890. The number of carbonyl (C=O) groups is 1. The van der Waals surface area contributed by atoms with Crippen LogP contribution < -0.4 is 10.6 Å². The van der Waals surface area contributed by atoms with Crippen LogP contribution in [0.1, 0.15) is 61.3 Å². The van der Waals surface area contributed by atoms with Crippen LogP contribution >= 0.6 is 24.8 Å². The van der Waals surface area contributed by atoms with Crippen molar-refractivity contribution in [1.82, 2.24) is 30.5 Å². The predicted molar refractivity (Wildman–Crippen MR) is 108 cm³/mol. The maximum atomic E-state index is 12.4. The molecule has 0 spiro atoms. The molecule has 2 saturated heterocycles. The fourth-order valence-corrected chi connectivity index (χ4v) is 3.84. The Balaban J connectivity index is 0.00000169. The Morgan fingerprint density at radius 1 is 1.23 bits per heavy atom. The molecular weight excluding hydrogens is 375 g/mol. The molecule has 150 valence electrons. The van der Waals surface area contributed by atoms with Crippen LogP contribution in [0.4, 0.5) is 0 Å². The van der Waals surface area contributed by atoms with E-state index in [1.54, 1.807) is 0 Å². The number of piperidine rings is 2. The number of carbonyl (C=O) groups excluding carboxylic acids is 1. The zero-order chi connectivity index (χ0) is 16.9. The Labute approximate surface area is 168 Å². The number of likely N-dealkylation sites (tertiary alicyclic amines) is 1. The molecule has 2 aliphatic rings. The van der Waals surface area contributed by atoms with Crippen LogP contribution in [0.5, 0.6) is 0 Å². The molecule has 1 unspecified atom stereocenters. The van der Waals surface area contributed by atoms with Crippen molar-refractivity contribution in [2.75, 3.05) is 32.7 Å². The van der Waals surface area contributed by atoms with Gasteiger partial charge in [-0.15, -0.1) is 29.9 Å². The third-order valence-electron chi connectivity index (χ3n) is 5.42. The molecule has 1 aromatic rings. The third kappa shape index (κ3) is 5.55. The zero-order valence-electron chi connectivity index (χ0n) is 15.7. The Kier molecular flexibility index (Phi) is 9.85. The first-order chi connectivity index (χ1) is 11.7. The Morgan fingerprint density at radius 3 is 2.65 bits per heavy atom. The molecule has 1 atom stereocenters. The summed E-state index contributed by atoms with van der Waals surface area (Å²) in [5.74, 6) is -0.0997. The molecule has 1 aromatic heterocycles. The van der Waals surface area contributed by atoms with E-state index < -0.39 is 0 Å². The summed E-state index contributed by atoms with van der Waals surface area (Å²) in [6, 6.07) is 0.979. The van der Waals surface area contributed by atoms with Gasteiger partial charge in [-0.2, -0.15) is 0 Å². The number of aromatic nitrogens is 3. The van der Waals surface area contributed by atoms with E-state index in [9.17, 15) is 4.79 Å². The van der Waals surface area contributed by atoms with Gasteiger partial charge in [-0.05, 0) is 59.2 Å². The minimum atomic E-state index is -0.0997. The van der Waals surface area contributed by atoms with Crippen molar-refractivity contribution >= 4 is 30.7 Å². The van der Waals surface area contributed by atoms with Crippen molar-refractivity contribution in [2.24, 2.45) is 0 Å². The highest BCUT2D eigenvalue weighted by Crippen LogP contribution is 2.20. The van der Waals surface area contributed by atoms with Gasteiger partial charge in [-0.1, -0.05) is 11.6 Å². The lowest BCUT2D eigenvalue weighted by molar-refractivity contribution is 0.0932. The van der Waals surface area contributed by atoms with Crippen LogP contribution in [0.2, 0.25) is 0 Å². The van der Waals surface area contributed by atoms with Gasteiger partial charge in [0.05, 0.1) is 11.7 Å². The van der Waals surface area contributed by atoms with Gasteiger partial charge in [0.1, 0.15) is 0 Å². The van der Waals surface area contributed by atoms with Gasteiger partial charge in [0.25, 0.3) is 5.91 Å². The summed E-state index contributed by atoms with van der Waals surface area (Å²) in [7, 11) is 0.